The van der Waals surface area contributed by atoms with Crippen LogP contribution in [0.2, 0.25) is 0 Å². The quantitative estimate of drug-likeness (QED) is 0.382. The predicted octanol–water partition coefficient (Wildman–Crippen LogP) is -0.413. The molecule has 0 aromatic carbocycles. The van der Waals surface area contributed by atoms with Gasteiger partial charge >= 0.3 is 0 Å². The Morgan fingerprint density at radius 1 is 1.58 bits per heavy atom. The second-order valence-electron chi connectivity index (χ2n) is 4.30. The normalized spacial score (nSPS) is 18.4. The maximum Gasteiger partial charge on any atom is 0.276 e. The van der Waals surface area contributed by atoms with Crippen molar-refractivity contribution in [3.05, 3.63) is 22.2 Å². The van der Waals surface area contributed by atoms with E-state index in [1.807, 2.05) is 0 Å². The number of pyridine rings is 1. The predicted molar refractivity (Wildman–Crippen MR) is 68.2 cm³/mol. The van der Waals surface area contributed by atoms with Gasteiger partial charge in [-0.1, -0.05) is 0 Å². The van der Waals surface area contributed by atoms with E-state index in [1.54, 1.807) is 4.90 Å². The summed E-state index contributed by atoms with van der Waals surface area (Å²) in [5.74, 6) is 5.22. The number of primary amides is 1. The SMILES string of the molecule is NNc1cc([N+](=O)[O-])cc(N2CCC(C(N)=O)C2)n1. The molecule has 9 nitrogen and oxygen atoms in total. The second kappa shape index (κ2) is 5.06. The maximum atomic E-state index is 11.1. The molecule has 1 atom stereocenters. The molecular weight excluding hydrogens is 252 g/mol. The molecule has 0 spiro atoms. The number of amides is 1. The van der Waals surface area contributed by atoms with Crippen LogP contribution in [0, 0.1) is 16.0 Å². The third kappa shape index (κ3) is 2.71. The van der Waals surface area contributed by atoms with E-state index in [4.69, 9.17) is 11.6 Å². The number of anilines is 2. The van der Waals surface area contributed by atoms with Crippen molar-refractivity contribution in [1.29, 1.82) is 0 Å². The Kier molecular flexibility index (Phi) is 3.47. The molecule has 2 heterocycles. The number of carbonyl (C=O) groups excluding carboxylic acids is 1. The van der Waals surface area contributed by atoms with Crippen LogP contribution >= 0.6 is 0 Å². The number of rotatable bonds is 4. The van der Waals surface area contributed by atoms with Gasteiger partial charge in [0, 0.05) is 13.1 Å². The summed E-state index contributed by atoms with van der Waals surface area (Å²) in [5.41, 5.74) is 7.42. The van der Waals surface area contributed by atoms with Crippen LogP contribution in [0.15, 0.2) is 12.1 Å². The lowest BCUT2D eigenvalue weighted by atomic mass is 10.1. The highest BCUT2D eigenvalue weighted by molar-refractivity contribution is 5.78. The number of hydrazine groups is 1. The first-order valence-electron chi connectivity index (χ1n) is 5.68. The molecule has 1 unspecified atom stereocenters. The molecule has 0 bridgehead atoms. The summed E-state index contributed by atoms with van der Waals surface area (Å²) in [7, 11) is 0. The molecule has 1 saturated heterocycles. The van der Waals surface area contributed by atoms with Crippen molar-refractivity contribution in [3.63, 3.8) is 0 Å². The van der Waals surface area contributed by atoms with Crippen LogP contribution in [0.5, 0.6) is 0 Å². The van der Waals surface area contributed by atoms with E-state index >= 15 is 0 Å². The van der Waals surface area contributed by atoms with Crippen molar-refractivity contribution in [1.82, 2.24) is 4.98 Å². The first-order valence-corrected chi connectivity index (χ1v) is 5.68. The largest absolute Gasteiger partial charge is 0.369 e. The van der Waals surface area contributed by atoms with Crippen molar-refractivity contribution in [2.24, 2.45) is 17.5 Å². The number of nitrogens with zero attached hydrogens (tertiary/aromatic N) is 3. The third-order valence-corrected chi connectivity index (χ3v) is 3.07. The fraction of sp³-hybridized carbons (Fsp3) is 0.400. The fourth-order valence-electron chi connectivity index (χ4n) is 2.04. The van der Waals surface area contributed by atoms with Crippen LogP contribution in [0.25, 0.3) is 0 Å². The Labute approximate surface area is 108 Å². The van der Waals surface area contributed by atoms with E-state index in [0.29, 0.717) is 25.3 Å². The van der Waals surface area contributed by atoms with Crippen LogP contribution in [-0.4, -0.2) is 28.9 Å². The molecule has 1 fully saturated rings. The molecule has 2 rings (SSSR count). The highest BCUT2D eigenvalue weighted by atomic mass is 16.6. The lowest BCUT2D eigenvalue weighted by Gasteiger charge is -2.17. The lowest BCUT2D eigenvalue weighted by molar-refractivity contribution is -0.384. The van der Waals surface area contributed by atoms with Gasteiger partial charge in [0.05, 0.1) is 23.0 Å². The van der Waals surface area contributed by atoms with E-state index in [2.05, 4.69) is 10.4 Å². The summed E-state index contributed by atoms with van der Waals surface area (Å²) in [6.07, 6.45) is 0.616. The first-order chi connectivity index (χ1) is 9.01. The molecule has 1 aromatic heterocycles. The maximum absolute atomic E-state index is 11.1. The van der Waals surface area contributed by atoms with Gasteiger partial charge in [0.15, 0.2) is 0 Å². The number of nitrogens with two attached hydrogens (primary N) is 2. The van der Waals surface area contributed by atoms with E-state index in [9.17, 15) is 14.9 Å². The minimum Gasteiger partial charge on any atom is -0.369 e. The Bertz CT molecular complexity index is 520. The zero-order chi connectivity index (χ0) is 14.0. The average molecular weight is 266 g/mol. The smallest absolute Gasteiger partial charge is 0.276 e. The number of hydrogen-bond acceptors (Lipinski definition) is 7. The summed E-state index contributed by atoms with van der Waals surface area (Å²) < 4.78 is 0. The van der Waals surface area contributed by atoms with E-state index in [0.717, 1.165) is 0 Å². The number of nitro groups is 1. The van der Waals surface area contributed by atoms with E-state index in [-0.39, 0.29) is 23.3 Å². The Balaban J connectivity index is 2.27. The highest BCUT2D eigenvalue weighted by Crippen LogP contribution is 2.27. The second-order valence-corrected chi connectivity index (χ2v) is 4.30. The average Bonchev–Trinajstić information content (AvgIpc) is 2.87. The van der Waals surface area contributed by atoms with E-state index in [1.165, 1.54) is 12.1 Å². The number of nitrogen functional groups attached to an aromatic ring is 1. The molecule has 0 saturated carbocycles. The number of aromatic nitrogens is 1. The van der Waals surface area contributed by atoms with Gasteiger partial charge in [0.2, 0.25) is 5.91 Å². The Morgan fingerprint density at radius 3 is 2.84 bits per heavy atom. The molecule has 0 radical (unpaired) electrons. The minimum atomic E-state index is -0.520. The van der Waals surface area contributed by atoms with Gasteiger partial charge in [-0.3, -0.25) is 14.9 Å². The van der Waals surface area contributed by atoms with Crippen LogP contribution in [-0.2, 0) is 4.79 Å². The van der Waals surface area contributed by atoms with Gasteiger partial charge in [-0.15, -0.1) is 0 Å². The topological polar surface area (TPSA) is 140 Å². The van der Waals surface area contributed by atoms with Gasteiger partial charge in [-0.2, -0.15) is 0 Å². The summed E-state index contributed by atoms with van der Waals surface area (Å²) >= 11 is 0. The lowest BCUT2D eigenvalue weighted by Crippen LogP contribution is -2.28. The van der Waals surface area contributed by atoms with Crippen molar-refractivity contribution < 1.29 is 9.72 Å². The van der Waals surface area contributed by atoms with Gasteiger partial charge in [0.25, 0.3) is 5.69 Å². The highest BCUT2D eigenvalue weighted by Gasteiger charge is 2.28. The molecule has 19 heavy (non-hydrogen) atoms. The van der Waals surface area contributed by atoms with Gasteiger partial charge in [-0.05, 0) is 6.42 Å². The summed E-state index contributed by atoms with van der Waals surface area (Å²) in [5, 5.41) is 10.8. The minimum absolute atomic E-state index is 0.111. The summed E-state index contributed by atoms with van der Waals surface area (Å²) in [6.45, 7) is 0.985. The Hall–Kier alpha value is -2.42. The monoisotopic (exact) mass is 266 g/mol. The number of carbonyl (C=O) groups is 1. The first kappa shape index (κ1) is 13.0. The summed E-state index contributed by atoms with van der Waals surface area (Å²) in [4.78, 5) is 27.3. The van der Waals surface area contributed by atoms with Crippen molar-refractivity contribution in [3.8, 4) is 0 Å². The molecule has 1 aromatic rings. The molecule has 1 aliphatic heterocycles. The third-order valence-electron chi connectivity index (χ3n) is 3.07. The molecule has 9 heteroatoms. The van der Waals surface area contributed by atoms with Gasteiger partial charge in [-0.25, -0.2) is 10.8 Å². The molecule has 0 aliphatic carbocycles. The van der Waals surface area contributed by atoms with Gasteiger partial charge in [0.1, 0.15) is 11.6 Å². The van der Waals surface area contributed by atoms with Crippen molar-refractivity contribution in [2.75, 3.05) is 23.4 Å². The van der Waals surface area contributed by atoms with Crippen LogP contribution in [0.4, 0.5) is 17.3 Å². The zero-order valence-electron chi connectivity index (χ0n) is 10.1. The zero-order valence-corrected chi connectivity index (χ0v) is 10.1. The standard InChI is InChI=1S/C10H14N6O3/c11-10(17)6-1-2-15(5-6)9-4-7(16(18)19)3-8(13-9)14-12/h3-4,6H,1-2,5,12H2,(H2,11,17)(H,13,14). The molecule has 5 N–H and O–H groups in total. The number of nitrogens with one attached hydrogen (secondary N) is 1. The Morgan fingerprint density at radius 2 is 2.32 bits per heavy atom. The van der Waals surface area contributed by atoms with E-state index < -0.39 is 4.92 Å². The molecule has 1 amide bonds. The number of hydrogen-bond donors (Lipinski definition) is 3. The summed E-state index contributed by atoms with van der Waals surface area (Å²) in [6, 6.07) is 2.59. The van der Waals surface area contributed by atoms with Crippen molar-refractivity contribution >= 4 is 23.2 Å². The van der Waals surface area contributed by atoms with Gasteiger partial charge < -0.3 is 16.1 Å². The molecular formula is C10H14N6O3. The van der Waals surface area contributed by atoms with Crippen molar-refractivity contribution in [2.45, 2.75) is 6.42 Å². The fourth-order valence-corrected chi connectivity index (χ4v) is 2.04. The van der Waals surface area contributed by atoms with Crippen LogP contribution < -0.4 is 21.9 Å². The van der Waals surface area contributed by atoms with Crippen LogP contribution in [0.1, 0.15) is 6.42 Å². The van der Waals surface area contributed by atoms with Crippen LogP contribution in [0.3, 0.4) is 0 Å². The molecule has 1 aliphatic rings. The molecule has 102 valence electrons.